The van der Waals surface area contributed by atoms with Crippen molar-refractivity contribution in [3.05, 3.63) is 34.5 Å². The second kappa shape index (κ2) is 3.83. The van der Waals surface area contributed by atoms with Crippen LogP contribution in [0.3, 0.4) is 0 Å². The molecule has 0 spiro atoms. The van der Waals surface area contributed by atoms with Gasteiger partial charge in [-0.2, -0.15) is 0 Å². The highest BCUT2D eigenvalue weighted by molar-refractivity contribution is 7.11. The zero-order chi connectivity index (χ0) is 11.0. The fourth-order valence-electron chi connectivity index (χ4n) is 2.11. The Labute approximate surface area is 98.9 Å². The van der Waals surface area contributed by atoms with Gasteiger partial charge in [-0.3, -0.25) is 0 Å². The van der Waals surface area contributed by atoms with Crippen molar-refractivity contribution in [1.29, 1.82) is 0 Å². The Morgan fingerprint density at radius 2 is 2.19 bits per heavy atom. The third-order valence-electron chi connectivity index (χ3n) is 2.88. The van der Waals surface area contributed by atoms with Crippen LogP contribution in [0.5, 0.6) is 5.75 Å². The molecule has 2 heterocycles. The Kier molecular flexibility index (Phi) is 2.33. The van der Waals surface area contributed by atoms with E-state index < -0.39 is 0 Å². The number of hydrogen-bond acceptors (Lipinski definition) is 3. The van der Waals surface area contributed by atoms with Crippen molar-refractivity contribution in [3.8, 4) is 16.9 Å². The number of anilines is 1. The molecule has 2 aromatic rings. The van der Waals surface area contributed by atoms with Crippen molar-refractivity contribution >= 4 is 17.0 Å². The minimum Gasteiger partial charge on any atom is -0.493 e. The van der Waals surface area contributed by atoms with E-state index in [1.165, 1.54) is 21.7 Å². The Morgan fingerprint density at radius 3 is 3.06 bits per heavy atom. The molecule has 3 rings (SSSR count). The quantitative estimate of drug-likeness (QED) is 0.812. The van der Waals surface area contributed by atoms with E-state index >= 15 is 0 Å². The number of thiophene rings is 1. The molecule has 1 aliphatic heterocycles. The second-order valence-electron chi connectivity index (χ2n) is 3.79. The molecule has 0 fully saturated rings. The van der Waals surface area contributed by atoms with Crippen LogP contribution in [0.1, 0.15) is 4.88 Å². The molecule has 0 unspecified atom stereocenters. The third-order valence-corrected chi connectivity index (χ3v) is 3.93. The molecule has 0 radical (unpaired) electrons. The zero-order valence-corrected chi connectivity index (χ0v) is 9.93. The van der Waals surface area contributed by atoms with Gasteiger partial charge in [0.05, 0.1) is 12.3 Å². The predicted molar refractivity (Wildman–Crippen MR) is 68.5 cm³/mol. The first-order chi connectivity index (χ1) is 7.90. The molecule has 3 heteroatoms. The molecular weight excluding hydrogens is 218 g/mol. The lowest BCUT2D eigenvalue weighted by Crippen LogP contribution is -1.97. The summed E-state index contributed by atoms with van der Waals surface area (Å²) in [5.74, 6) is 0.996. The standard InChI is InChI=1S/C13H13NOS/c1-14-10-8-16-12-6-7-15-11-5-3-2-4-9(11)13(10)12/h2-5,8,14H,6-7H2,1H3. The molecule has 0 saturated carbocycles. The Balaban J connectivity index is 2.27. The summed E-state index contributed by atoms with van der Waals surface area (Å²) in [5, 5.41) is 5.45. The Bertz CT molecular complexity index is 518. The van der Waals surface area contributed by atoms with Gasteiger partial charge in [-0.1, -0.05) is 18.2 Å². The van der Waals surface area contributed by atoms with E-state index in [0.717, 1.165) is 18.8 Å². The fraction of sp³-hybridized carbons (Fsp3) is 0.231. The smallest absolute Gasteiger partial charge is 0.127 e. The van der Waals surface area contributed by atoms with Crippen molar-refractivity contribution in [2.45, 2.75) is 6.42 Å². The maximum atomic E-state index is 5.77. The van der Waals surface area contributed by atoms with Crippen molar-refractivity contribution in [2.24, 2.45) is 0 Å². The Morgan fingerprint density at radius 1 is 1.31 bits per heavy atom. The van der Waals surface area contributed by atoms with Gasteiger partial charge in [-0.15, -0.1) is 11.3 Å². The largest absolute Gasteiger partial charge is 0.493 e. The van der Waals surface area contributed by atoms with Gasteiger partial charge in [0.1, 0.15) is 5.75 Å². The number of rotatable bonds is 1. The number of para-hydroxylation sites is 1. The number of benzene rings is 1. The lowest BCUT2D eigenvalue weighted by Gasteiger charge is -2.08. The first-order valence-electron chi connectivity index (χ1n) is 5.40. The summed E-state index contributed by atoms with van der Waals surface area (Å²) >= 11 is 1.81. The topological polar surface area (TPSA) is 21.3 Å². The van der Waals surface area contributed by atoms with Gasteiger partial charge >= 0.3 is 0 Å². The number of fused-ring (bicyclic) bond motifs is 3. The second-order valence-corrected chi connectivity index (χ2v) is 4.76. The summed E-state index contributed by atoms with van der Waals surface area (Å²) in [7, 11) is 1.97. The molecule has 1 aromatic carbocycles. The molecule has 0 atom stereocenters. The van der Waals surface area contributed by atoms with Crippen molar-refractivity contribution in [2.75, 3.05) is 19.0 Å². The van der Waals surface area contributed by atoms with Crippen LogP contribution in [0.2, 0.25) is 0 Å². The van der Waals surface area contributed by atoms with Gasteiger partial charge < -0.3 is 10.1 Å². The molecule has 0 saturated heterocycles. The molecule has 16 heavy (non-hydrogen) atoms. The predicted octanol–water partition coefficient (Wildman–Crippen LogP) is 3.39. The highest BCUT2D eigenvalue weighted by atomic mass is 32.1. The van der Waals surface area contributed by atoms with Crippen LogP contribution >= 0.6 is 11.3 Å². The third kappa shape index (κ3) is 1.39. The molecule has 0 amide bonds. The summed E-state index contributed by atoms with van der Waals surface area (Å²) in [4.78, 5) is 1.41. The summed E-state index contributed by atoms with van der Waals surface area (Å²) in [6, 6.07) is 8.26. The first-order valence-corrected chi connectivity index (χ1v) is 6.28. The molecule has 1 aromatic heterocycles. The van der Waals surface area contributed by atoms with E-state index in [2.05, 4.69) is 22.8 Å². The Hall–Kier alpha value is -1.48. The van der Waals surface area contributed by atoms with E-state index in [4.69, 9.17) is 4.74 Å². The van der Waals surface area contributed by atoms with Crippen LogP contribution in [0.4, 0.5) is 5.69 Å². The number of ether oxygens (including phenoxy) is 1. The highest BCUT2D eigenvalue weighted by Gasteiger charge is 2.19. The fourth-order valence-corrected chi connectivity index (χ4v) is 3.15. The maximum Gasteiger partial charge on any atom is 0.127 e. The van der Waals surface area contributed by atoms with Crippen LogP contribution in [0.25, 0.3) is 11.1 Å². The molecule has 1 aliphatic rings. The van der Waals surface area contributed by atoms with E-state index in [1.54, 1.807) is 0 Å². The molecule has 1 N–H and O–H groups in total. The monoisotopic (exact) mass is 231 g/mol. The molecular formula is C13H13NOS. The first kappa shape index (κ1) is 9.73. The lowest BCUT2D eigenvalue weighted by atomic mass is 10.0. The van der Waals surface area contributed by atoms with Gasteiger partial charge in [0.2, 0.25) is 0 Å². The lowest BCUT2D eigenvalue weighted by molar-refractivity contribution is 0.327. The van der Waals surface area contributed by atoms with Crippen LogP contribution in [0.15, 0.2) is 29.6 Å². The summed E-state index contributed by atoms with van der Waals surface area (Å²) in [5.41, 5.74) is 3.74. The van der Waals surface area contributed by atoms with Gasteiger partial charge in [-0.25, -0.2) is 0 Å². The minimum absolute atomic E-state index is 0.772. The summed E-state index contributed by atoms with van der Waals surface area (Å²) < 4.78 is 5.77. The van der Waals surface area contributed by atoms with E-state index in [1.807, 2.05) is 30.5 Å². The molecule has 82 valence electrons. The normalized spacial score (nSPS) is 13.3. The number of nitrogens with one attached hydrogen (secondary N) is 1. The average Bonchev–Trinajstić information content (AvgIpc) is 2.64. The van der Waals surface area contributed by atoms with Gasteiger partial charge in [0.15, 0.2) is 0 Å². The highest BCUT2D eigenvalue weighted by Crippen LogP contribution is 2.42. The number of hydrogen-bond donors (Lipinski definition) is 1. The van der Waals surface area contributed by atoms with E-state index in [-0.39, 0.29) is 0 Å². The van der Waals surface area contributed by atoms with Crippen LogP contribution in [-0.2, 0) is 6.42 Å². The summed E-state index contributed by atoms with van der Waals surface area (Å²) in [6.45, 7) is 0.772. The van der Waals surface area contributed by atoms with Gasteiger partial charge in [0.25, 0.3) is 0 Å². The van der Waals surface area contributed by atoms with Crippen LogP contribution < -0.4 is 10.1 Å². The van der Waals surface area contributed by atoms with Gasteiger partial charge in [-0.05, 0) is 6.07 Å². The van der Waals surface area contributed by atoms with Crippen molar-refractivity contribution < 1.29 is 4.74 Å². The van der Waals surface area contributed by atoms with E-state index in [9.17, 15) is 0 Å². The van der Waals surface area contributed by atoms with Crippen LogP contribution in [-0.4, -0.2) is 13.7 Å². The molecule has 2 nitrogen and oxygen atoms in total. The molecule has 0 bridgehead atoms. The zero-order valence-electron chi connectivity index (χ0n) is 9.12. The van der Waals surface area contributed by atoms with Crippen molar-refractivity contribution in [1.82, 2.24) is 0 Å². The minimum atomic E-state index is 0.772. The van der Waals surface area contributed by atoms with Crippen molar-refractivity contribution in [3.63, 3.8) is 0 Å². The summed E-state index contributed by atoms with van der Waals surface area (Å²) in [6.07, 6.45) is 0.996. The average molecular weight is 231 g/mol. The maximum absolute atomic E-state index is 5.77. The SMILES string of the molecule is CNc1csc2c1-c1ccccc1OCC2. The molecule has 0 aliphatic carbocycles. The van der Waals surface area contributed by atoms with Gasteiger partial charge in [0, 0.05) is 34.9 Å². The van der Waals surface area contributed by atoms with Crippen LogP contribution in [0, 0.1) is 0 Å². The van der Waals surface area contributed by atoms with E-state index in [0.29, 0.717) is 0 Å².